The minimum absolute atomic E-state index is 0.678. The highest BCUT2D eigenvalue weighted by atomic mass is 35.5. The molecule has 0 atom stereocenters. The number of nitrogens with zero attached hydrogens (tertiary/aromatic N) is 3. The first kappa shape index (κ1) is 11.2. The minimum atomic E-state index is 0.678. The van der Waals surface area contributed by atoms with E-state index in [0.29, 0.717) is 5.02 Å². The van der Waals surface area contributed by atoms with Gasteiger partial charge in [0, 0.05) is 23.7 Å². The van der Waals surface area contributed by atoms with Crippen LogP contribution in [0.2, 0.25) is 5.02 Å². The second kappa shape index (κ2) is 4.42. The predicted molar refractivity (Wildman–Crippen MR) is 72.0 cm³/mol. The van der Waals surface area contributed by atoms with Crippen molar-refractivity contribution in [1.82, 2.24) is 14.6 Å². The summed E-state index contributed by atoms with van der Waals surface area (Å²) in [5, 5.41) is 9.02. The maximum absolute atomic E-state index is 5.93. The topological polar surface area (TPSA) is 30.2 Å². The van der Waals surface area contributed by atoms with Crippen LogP contribution in [0.4, 0.5) is 0 Å². The van der Waals surface area contributed by atoms with Gasteiger partial charge < -0.3 is 0 Å². The molecule has 0 saturated carbocycles. The number of pyridine rings is 1. The molecule has 0 aliphatic heterocycles. The molecule has 0 radical (unpaired) electrons. The van der Waals surface area contributed by atoms with Crippen molar-refractivity contribution in [3.63, 3.8) is 0 Å². The third kappa shape index (κ3) is 2.09. The van der Waals surface area contributed by atoms with Crippen molar-refractivity contribution < 1.29 is 0 Å². The monoisotopic (exact) mass is 257 g/mol. The summed E-state index contributed by atoms with van der Waals surface area (Å²) in [6, 6.07) is 12.1. The number of aryl methyl sites for hydroxylation is 1. The van der Waals surface area contributed by atoms with Crippen LogP contribution in [0.5, 0.6) is 0 Å². The van der Waals surface area contributed by atoms with Crippen LogP contribution < -0.4 is 0 Å². The SMILES string of the molecule is Cc1cccc(Cc2nnc3cc(Cl)ccn23)c1. The summed E-state index contributed by atoms with van der Waals surface area (Å²) < 4.78 is 1.97. The van der Waals surface area contributed by atoms with Gasteiger partial charge in [-0.15, -0.1) is 10.2 Å². The number of fused-ring (bicyclic) bond motifs is 1. The summed E-state index contributed by atoms with van der Waals surface area (Å²) in [4.78, 5) is 0. The van der Waals surface area contributed by atoms with Crippen LogP contribution in [0.15, 0.2) is 42.6 Å². The van der Waals surface area contributed by atoms with E-state index in [0.717, 1.165) is 17.9 Å². The molecule has 0 amide bonds. The van der Waals surface area contributed by atoms with Crippen LogP contribution in [0.3, 0.4) is 0 Å². The molecule has 2 aromatic heterocycles. The van der Waals surface area contributed by atoms with Gasteiger partial charge in [-0.1, -0.05) is 41.4 Å². The summed E-state index contributed by atoms with van der Waals surface area (Å²) in [5.74, 6) is 0.923. The van der Waals surface area contributed by atoms with Crippen molar-refractivity contribution >= 4 is 17.2 Å². The lowest BCUT2D eigenvalue weighted by Crippen LogP contribution is -1.96. The molecule has 1 aromatic carbocycles. The molecule has 3 aromatic rings. The lowest BCUT2D eigenvalue weighted by atomic mass is 10.1. The normalized spacial score (nSPS) is 11.0. The van der Waals surface area contributed by atoms with Gasteiger partial charge in [-0.25, -0.2) is 0 Å². The molecule has 90 valence electrons. The number of hydrogen-bond acceptors (Lipinski definition) is 2. The lowest BCUT2D eigenvalue weighted by Gasteiger charge is -2.02. The van der Waals surface area contributed by atoms with Crippen LogP contribution in [0, 0.1) is 6.92 Å². The van der Waals surface area contributed by atoms with E-state index in [4.69, 9.17) is 11.6 Å². The number of rotatable bonds is 2. The fraction of sp³-hybridized carbons (Fsp3) is 0.143. The second-order valence-corrected chi connectivity index (χ2v) is 4.79. The van der Waals surface area contributed by atoms with Gasteiger partial charge in [0.25, 0.3) is 0 Å². The van der Waals surface area contributed by atoms with Gasteiger partial charge in [0.05, 0.1) is 0 Å². The Hall–Kier alpha value is -1.87. The van der Waals surface area contributed by atoms with Gasteiger partial charge in [0.15, 0.2) is 5.65 Å². The molecule has 4 heteroatoms. The fourth-order valence-electron chi connectivity index (χ4n) is 2.04. The third-order valence-corrected chi connectivity index (χ3v) is 3.12. The first-order valence-corrected chi connectivity index (χ1v) is 6.15. The van der Waals surface area contributed by atoms with Crippen LogP contribution in [-0.2, 0) is 6.42 Å². The molecule has 0 fully saturated rings. The van der Waals surface area contributed by atoms with Crippen molar-refractivity contribution in [3.05, 3.63) is 64.6 Å². The van der Waals surface area contributed by atoms with Gasteiger partial charge in [-0.2, -0.15) is 0 Å². The highest BCUT2D eigenvalue weighted by Gasteiger charge is 2.06. The highest BCUT2D eigenvalue weighted by Crippen LogP contribution is 2.14. The van der Waals surface area contributed by atoms with Crippen LogP contribution in [0.25, 0.3) is 5.65 Å². The van der Waals surface area contributed by atoms with Crippen molar-refractivity contribution in [1.29, 1.82) is 0 Å². The maximum atomic E-state index is 5.93. The molecule has 2 heterocycles. The number of halogens is 1. The minimum Gasteiger partial charge on any atom is -0.286 e. The largest absolute Gasteiger partial charge is 0.286 e. The number of hydrogen-bond donors (Lipinski definition) is 0. The molecule has 3 nitrogen and oxygen atoms in total. The Bertz CT molecular complexity index is 703. The average molecular weight is 258 g/mol. The zero-order chi connectivity index (χ0) is 12.5. The molecule has 18 heavy (non-hydrogen) atoms. The van der Waals surface area contributed by atoms with E-state index in [2.05, 4.69) is 41.4 Å². The zero-order valence-electron chi connectivity index (χ0n) is 9.97. The van der Waals surface area contributed by atoms with Gasteiger partial charge >= 0.3 is 0 Å². The molecule has 0 spiro atoms. The first-order chi connectivity index (χ1) is 8.72. The molecule has 0 unspecified atom stereocenters. The molecule has 0 N–H and O–H groups in total. The van der Waals surface area contributed by atoms with Crippen molar-refractivity contribution in [2.24, 2.45) is 0 Å². The average Bonchev–Trinajstić information content (AvgIpc) is 2.72. The van der Waals surface area contributed by atoms with E-state index in [1.165, 1.54) is 11.1 Å². The Morgan fingerprint density at radius 2 is 2.06 bits per heavy atom. The van der Waals surface area contributed by atoms with E-state index in [9.17, 15) is 0 Å². The molecular formula is C14H12ClN3. The second-order valence-electron chi connectivity index (χ2n) is 4.36. The zero-order valence-corrected chi connectivity index (χ0v) is 10.7. The van der Waals surface area contributed by atoms with Crippen LogP contribution in [-0.4, -0.2) is 14.6 Å². The molecule has 0 bridgehead atoms. The van der Waals surface area contributed by atoms with Gasteiger partial charge in [0.2, 0.25) is 0 Å². The Kier molecular flexibility index (Phi) is 2.76. The van der Waals surface area contributed by atoms with Crippen LogP contribution in [0.1, 0.15) is 17.0 Å². The van der Waals surface area contributed by atoms with E-state index < -0.39 is 0 Å². The Balaban J connectivity index is 2.00. The number of aromatic nitrogens is 3. The van der Waals surface area contributed by atoms with E-state index in [1.807, 2.05) is 22.7 Å². The Morgan fingerprint density at radius 1 is 1.17 bits per heavy atom. The number of benzene rings is 1. The van der Waals surface area contributed by atoms with Crippen molar-refractivity contribution in [2.45, 2.75) is 13.3 Å². The Labute approximate surface area is 110 Å². The summed E-state index contributed by atoms with van der Waals surface area (Å²) in [5.41, 5.74) is 3.27. The summed E-state index contributed by atoms with van der Waals surface area (Å²) in [6.45, 7) is 2.09. The first-order valence-electron chi connectivity index (χ1n) is 5.77. The van der Waals surface area contributed by atoms with Gasteiger partial charge in [-0.3, -0.25) is 4.40 Å². The van der Waals surface area contributed by atoms with Crippen molar-refractivity contribution in [3.8, 4) is 0 Å². The van der Waals surface area contributed by atoms with Crippen molar-refractivity contribution in [2.75, 3.05) is 0 Å². The summed E-state index contributed by atoms with van der Waals surface area (Å²) in [7, 11) is 0. The third-order valence-electron chi connectivity index (χ3n) is 2.89. The standard InChI is InChI=1S/C14H12ClN3/c1-10-3-2-4-11(7-10)8-13-16-17-14-9-12(15)5-6-18(13)14/h2-7,9H,8H2,1H3. The quantitative estimate of drug-likeness (QED) is 0.705. The smallest absolute Gasteiger partial charge is 0.162 e. The molecule has 0 aliphatic rings. The molecular weight excluding hydrogens is 246 g/mol. The maximum Gasteiger partial charge on any atom is 0.162 e. The van der Waals surface area contributed by atoms with E-state index >= 15 is 0 Å². The lowest BCUT2D eigenvalue weighted by molar-refractivity contribution is 0.933. The predicted octanol–water partition coefficient (Wildman–Crippen LogP) is 3.28. The molecule has 0 saturated heterocycles. The van der Waals surface area contributed by atoms with Gasteiger partial charge in [-0.05, 0) is 18.6 Å². The summed E-state index contributed by atoms with van der Waals surface area (Å²) in [6.07, 6.45) is 2.67. The molecule has 3 rings (SSSR count). The van der Waals surface area contributed by atoms with Gasteiger partial charge in [0.1, 0.15) is 5.82 Å². The summed E-state index contributed by atoms with van der Waals surface area (Å²) >= 11 is 5.93. The van der Waals surface area contributed by atoms with Crippen LogP contribution >= 0.6 is 11.6 Å². The Morgan fingerprint density at radius 3 is 2.89 bits per heavy atom. The van der Waals surface area contributed by atoms with E-state index in [1.54, 1.807) is 0 Å². The highest BCUT2D eigenvalue weighted by molar-refractivity contribution is 6.30. The fourth-order valence-corrected chi connectivity index (χ4v) is 2.19. The van der Waals surface area contributed by atoms with E-state index in [-0.39, 0.29) is 0 Å². The molecule has 0 aliphatic carbocycles.